The molecule has 0 aromatic carbocycles. The van der Waals surface area contributed by atoms with Crippen molar-refractivity contribution >= 4 is 0 Å². The van der Waals surface area contributed by atoms with Crippen LogP contribution in [0.15, 0.2) is 36.0 Å². The molecule has 21 atom stereocenters. The summed E-state index contributed by atoms with van der Waals surface area (Å²) in [4.78, 5) is 1.62. The zero-order valence-corrected chi connectivity index (χ0v) is 42.1. The highest BCUT2D eigenvalue weighted by Gasteiger charge is 2.53. The van der Waals surface area contributed by atoms with E-state index < -0.39 is 79.1 Å². The summed E-state index contributed by atoms with van der Waals surface area (Å²) < 4.78 is 30.3. The summed E-state index contributed by atoms with van der Waals surface area (Å²) in [6.45, 7) is 14.1. The number of hydrogen-bond acceptors (Lipinski definition) is 14. The molecule has 0 aromatic heterocycles. The third-order valence-corrected chi connectivity index (χ3v) is 16.1. The quantitative estimate of drug-likeness (QED) is 0.163. The van der Waals surface area contributed by atoms with Gasteiger partial charge in [-0.05, 0) is 119 Å². The molecule has 0 amide bonds. The molecular weight excluding hydrogens is 847 g/mol. The van der Waals surface area contributed by atoms with Crippen molar-refractivity contribution < 1.29 is 64.5 Å². The van der Waals surface area contributed by atoms with Crippen LogP contribution in [0.1, 0.15) is 138 Å². The fraction of sp³-hybridized carbons (Fsp3) is 0.885. The predicted molar refractivity (Wildman–Crippen MR) is 255 cm³/mol. The minimum absolute atomic E-state index is 0.141. The van der Waals surface area contributed by atoms with Crippen LogP contribution in [0.2, 0.25) is 0 Å². The molecule has 1 aliphatic carbocycles. The topological polar surface area (TPSA) is 211 Å². The summed E-state index contributed by atoms with van der Waals surface area (Å²) in [6, 6.07) is -0.735. The van der Waals surface area contributed by atoms with Crippen LogP contribution in [-0.2, 0) is 23.7 Å². The Kier molecular flexibility index (Phi) is 23.7. The SMILES string of the molecule is COC1CC2CCC(C)C(O)(O2)C(O)C(O)N2CCCCC2C(O)OC(C(C)CC2CCC(O)C(OC)C2)CC(O)C(C)CC(C)C(O)C(OC)C(O)C(C)CCC(C)/C=C/C=C/C=C1C. The van der Waals surface area contributed by atoms with Crippen LogP contribution < -0.4 is 0 Å². The summed E-state index contributed by atoms with van der Waals surface area (Å²) in [5.41, 5.74) is 0.963. The Balaban J connectivity index is 1.65. The Morgan fingerprint density at radius 3 is 2.12 bits per heavy atom. The third kappa shape index (κ3) is 15.6. The smallest absolute Gasteiger partial charge is 0.198 e. The first kappa shape index (κ1) is 57.2. The van der Waals surface area contributed by atoms with E-state index in [1.54, 1.807) is 19.1 Å². The maximum atomic E-state index is 12.1. The van der Waals surface area contributed by atoms with Crippen LogP contribution in [-0.4, -0.2) is 159 Å². The fourth-order valence-electron chi connectivity index (χ4n) is 11.3. The maximum Gasteiger partial charge on any atom is 0.198 e. The standard InChI is InChI=1S/C52H93NO13/c1-31-16-12-11-13-17-32(2)43(62-8)29-39-23-21-37(7)52(61,66-39)49(58)50(59)53-25-15-14-18-40(53)51(60)65-44(35(5)27-38-22-24-41(54)45(28-38)63-9)30-42(55)34(4)26-36(6)47(57)48(64-10)46(56)33(3)20-19-31/h11-13,16-17,31,33-51,54-61H,14-15,18-30H2,1-10H3/b13-11+,16-12+,32-17?. The number of aliphatic hydroxyl groups is 8. The molecule has 8 N–H and O–H groups in total. The summed E-state index contributed by atoms with van der Waals surface area (Å²) in [5.74, 6) is -3.04. The van der Waals surface area contributed by atoms with Crippen molar-refractivity contribution in [2.45, 2.75) is 224 Å². The van der Waals surface area contributed by atoms with E-state index in [0.717, 1.165) is 31.3 Å². The lowest BCUT2D eigenvalue weighted by Crippen LogP contribution is -2.65. The number of hydrogen-bond donors (Lipinski definition) is 8. The highest BCUT2D eigenvalue weighted by atomic mass is 16.7. The second kappa shape index (κ2) is 27.3. The van der Waals surface area contributed by atoms with Gasteiger partial charge < -0.3 is 64.5 Å². The zero-order valence-electron chi connectivity index (χ0n) is 42.1. The van der Waals surface area contributed by atoms with E-state index >= 15 is 0 Å². The molecule has 21 unspecified atom stereocenters. The van der Waals surface area contributed by atoms with Gasteiger partial charge >= 0.3 is 0 Å². The molecule has 4 aliphatic rings. The van der Waals surface area contributed by atoms with Crippen LogP contribution in [0.25, 0.3) is 0 Å². The number of methoxy groups -OCH3 is 3. The second-order valence-electron chi connectivity index (χ2n) is 21.3. The zero-order chi connectivity index (χ0) is 48.9. The van der Waals surface area contributed by atoms with Crippen molar-refractivity contribution in [2.24, 2.45) is 41.4 Å². The van der Waals surface area contributed by atoms with E-state index in [9.17, 15) is 40.9 Å². The number of fused-ring (bicyclic) bond motifs is 3. The molecule has 4 rings (SSSR count). The minimum Gasteiger partial charge on any atom is -0.393 e. The second-order valence-corrected chi connectivity index (χ2v) is 21.3. The summed E-state index contributed by atoms with van der Waals surface area (Å²) in [5, 5.41) is 93.6. The van der Waals surface area contributed by atoms with E-state index in [-0.39, 0.29) is 54.1 Å². The monoisotopic (exact) mass is 940 g/mol. The fourth-order valence-corrected chi connectivity index (χ4v) is 11.3. The Morgan fingerprint density at radius 2 is 1.44 bits per heavy atom. The van der Waals surface area contributed by atoms with Crippen molar-refractivity contribution in [1.29, 1.82) is 0 Å². The van der Waals surface area contributed by atoms with Crippen LogP contribution in [0.4, 0.5) is 0 Å². The average molecular weight is 940 g/mol. The highest BCUT2D eigenvalue weighted by molar-refractivity contribution is 5.18. The summed E-state index contributed by atoms with van der Waals surface area (Å²) >= 11 is 0. The van der Waals surface area contributed by atoms with Crippen molar-refractivity contribution in [3.8, 4) is 0 Å². The molecule has 3 heterocycles. The lowest BCUT2D eigenvalue weighted by molar-refractivity contribution is -0.347. The molecule has 2 bridgehead atoms. The Hall–Kier alpha value is -1.34. The molecule has 384 valence electrons. The molecule has 14 nitrogen and oxygen atoms in total. The molecule has 3 aliphatic heterocycles. The van der Waals surface area contributed by atoms with Crippen molar-refractivity contribution in [1.82, 2.24) is 4.90 Å². The minimum atomic E-state index is -2.08. The number of rotatable bonds is 6. The van der Waals surface area contributed by atoms with E-state index in [0.29, 0.717) is 64.3 Å². The van der Waals surface area contributed by atoms with Gasteiger partial charge in [0.25, 0.3) is 0 Å². The number of ether oxygens (including phenoxy) is 5. The predicted octanol–water partition coefficient (Wildman–Crippen LogP) is 5.61. The first-order valence-electron chi connectivity index (χ1n) is 25.4. The number of piperidine rings is 1. The molecule has 1 saturated carbocycles. The van der Waals surface area contributed by atoms with E-state index in [1.807, 2.05) is 58.9 Å². The van der Waals surface area contributed by atoms with Gasteiger partial charge in [0.15, 0.2) is 12.1 Å². The lowest BCUT2D eigenvalue weighted by atomic mass is 9.77. The van der Waals surface area contributed by atoms with Crippen molar-refractivity contribution in [2.75, 3.05) is 27.9 Å². The van der Waals surface area contributed by atoms with Crippen LogP contribution in [0.3, 0.4) is 0 Å². The van der Waals surface area contributed by atoms with Crippen molar-refractivity contribution in [3.05, 3.63) is 36.0 Å². The van der Waals surface area contributed by atoms with Gasteiger partial charge in [0.2, 0.25) is 0 Å². The Bertz CT molecular complexity index is 1480. The molecule has 66 heavy (non-hydrogen) atoms. The summed E-state index contributed by atoms with van der Waals surface area (Å²) in [6.07, 6.45) is 7.99. The van der Waals surface area contributed by atoms with Crippen LogP contribution in [0.5, 0.6) is 0 Å². The lowest BCUT2D eigenvalue weighted by Gasteiger charge is -2.49. The molecule has 0 radical (unpaired) electrons. The van der Waals surface area contributed by atoms with E-state index in [1.165, 1.54) is 7.11 Å². The molecule has 3 fully saturated rings. The molecule has 0 spiro atoms. The van der Waals surface area contributed by atoms with Crippen LogP contribution >= 0.6 is 0 Å². The molecule has 14 heteroatoms. The Labute approximate surface area is 397 Å². The number of allylic oxidation sites excluding steroid dienone is 5. The number of aliphatic hydroxyl groups excluding tert-OH is 7. The highest BCUT2D eigenvalue weighted by Crippen LogP contribution is 2.40. The van der Waals surface area contributed by atoms with Gasteiger partial charge in [-0.15, -0.1) is 0 Å². The van der Waals surface area contributed by atoms with Gasteiger partial charge in [-0.1, -0.05) is 78.3 Å². The van der Waals surface area contributed by atoms with Gasteiger partial charge in [0.1, 0.15) is 18.4 Å². The Morgan fingerprint density at radius 1 is 0.727 bits per heavy atom. The largest absolute Gasteiger partial charge is 0.393 e. The first-order chi connectivity index (χ1) is 31.2. The van der Waals surface area contributed by atoms with Gasteiger partial charge in [0.05, 0.1) is 54.9 Å². The molecule has 2 saturated heterocycles. The molecular formula is C52H93NO13. The van der Waals surface area contributed by atoms with Gasteiger partial charge in [-0.2, -0.15) is 0 Å². The van der Waals surface area contributed by atoms with Crippen molar-refractivity contribution in [3.63, 3.8) is 0 Å². The average Bonchev–Trinajstić information content (AvgIpc) is 3.30. The summed E-state index contributed by atoms with van der Waals surface area (Å²) in [7, 11) is 4.76. The van der Waals surface area contributed by atoms with E-state index in [4.69, 9.17) is 23.7 Å². The maximum absolute atomic E-state index is 12.1. The molecule has 0 aromatic rings. The number of nitrogens with zero attached hydrogens (tertiary/aromatic N) is 1. The normalized spacial score (nSPS) is 45.7. The van der Waals surface area contributed by atoms with Gasteiger partial charge in [-0.3, -0.25) is 4.90 Å². The van der Waals surface area contributed by atoms with Gasteiger partial charge in [-0.25, -0.2) is 0 Å². The third-order valence-electron chi connectivity index (χ3n) is 16.1. The first-order valence-corrected chi connectivity index (χ1v) is 25.4. The van der Waals surface area contributed by atoms with Gasteiger partial charge in [0, 0.05) is 46.6 Å². The van der Waals surface area contributed by atoms with Crippen LogP contribution in [0, 0.1) is 41.4 Å². The van der Waals surface area contributed by atoms with E-state index in [2.05, 4.69) is 19.9 Å².